The lowest BCUT2D eigenvalue weighted by Crippen LogP contribution is -2.52. The standard InChI is InChI=1S/C20H29N3O3/c1-14(2)13-18(15(3)24)22(4)19(25)17-11-8-12-23(17)20(26)21-16-9-6-5-7-10-16/h5-7,9-10,14,17-18H,8,11-13H2,1-4H3,(H,21,26)/t17-,18+/m0/s1. The molecule has 1 saturated heterocycles. The largest absolute Gasteiger partial charge is 0.334 e. The number of likely N-dealkylation sites (tertiary alicyclic amines) is 1. The lowest BCUT2D eigenvalue weighted by molar-refractivity contribution is -0.140. The molecule has 1 aromatic carbocycles. The number of carbonyl (C=O) groups is 3. The summed E-state index contributed by atoms with van der Waals surface area (Å²) in [5, 5.41) is 2.84. The fourth-order valence-electron chi connectivity index (χ4n) is 3.42. The minimum Gasteiger partial charge on any atom is -0.334 e. The molecule has 1 fully saturated rings. The van der Waals surface area contributed by atoms with E-state index in [2.05, 4.69) is 5.32 Å². The fourth-order valence-corrected chi connectivity index (χ4v) is 3.42. The van der Waals surface area contributed by atoms with Crippen LogP contribution < -0.4 is 5.32 Å². The molecule has 6 heteroatoms. The van der Waals surface area contributed by atoms with E-state index in [1.54, 1.807) is 11.9 Å². The number of nitrogens with zero attached hydrogens (tertiary/aromatic N) is 2. The molecule has 0 aliphatic carbocycles. The van der Waals surface area contributed by atoms with Crippen molar-refractivity contribution in [3.8, 4) is 0 Å². The molecular formula is C20H29N3O3. The Morgan fingerprint density at radius 3 is 2.46 bits per heavy atom. The van der Waals surface area contributed by atoms with Crippen molar-refractivity contribution in [1.82, 2.24) is 9.80 Å². The van der Waals surface area contributed by atoms with Crippen LogP contribution in [0.1, 0.15) is 40.0 Å². The van der Waals surface area contributed by atoms with Crippen molar-refractivity contribution in [3.63, 3.8) is 0 Å². The Morgan fingerprint density at radius 2 is 1.88 bits per heavy atom. The molecule has 1 N–H and O–H groups in total. The minimum absolute atomic E-state index is 0.0205. The van der Waals surface area contributed by atoms with Gasteiger partial charge in [-0.1, -0.05) is 32.0 Å². The molecule has 0 radical (unpaired) electrons. The predicted molar refractivity (Wildman–Crippen MR) is 102 cm³/mol. The summed E-state index contributed by atoms with van der Waals surface area (Å²) in [5.41, 5.74) is 0.699. The first-order chi connectivity index (χ1) is 12.3. The van der Waals surface area contributed by atoms with Crippen LogP contribution in [-0.2, 0) is 9.59 Å². The van der Waals surface area contributed by atoms with Gasteiger partial charge in [0.1, 0.15) is 6.04 Å². The molecule has 3 amide bonds. The number of urea groups is 1. The van der Waals surface area contributed by atoms with Gasteiger partial charge in [-0.05, 0) is 44.2 Å². The summed E-state index contributed by atoms with van der Waals surface area (Å²) < 4.78 is 0. The number of anilines is 1. The fraction of sp³-hybridized carbons (Fsp3) is 0.550. The lowest BCUT2D eigenvalue weighted by Gasteiger charge is -2.32. The zero-order valence-electron chi connectivity index (χ0n) is 16.1. The highest BCUT2D eigenvalue weighted by Gasteiger charge is 2.38. The average Bonchev–Trinajstić information content (AvgIpc) is 3.08. The van der Waals surface area contributed by atoms with Crippen LogP contribution in [0.15, 0.2) is 30.3 Å². The molecule has 2 rings (SSSR count). The molecular weight excluding hydrogens is 330 g/mol. The van der Waals surface area contributed by atoms with Gasteiger partial charge in [0.25, 0.3) is 0 Å². The third-order valence-electron chi connectivity index (χ3n) is 4.80. The molecule has 1 aliphatic heterocycles. The quantitative estimate of drug-likeness (QED) is 0.848. The molecule has 1 aromatic rings. The first-order valence-corrected chi connectivity index (χ1v) is 9.21. The third-order valence-corrected chi connectivity index (χ3v) is 4.80. The summed E-state index contributed by atoms with van der Waals surface area (Å²) in [6, 6.07) is 7.96. The van der Waals surface area contributed by atoms with Gasteiger partial charge in [0, 0.05) is 19.3 Å². The minimum atomic E-state index is -0.516. The molecule has 1 heterocycles. The summed E-state index contributed by atoms with van der Waals surface area (Å²) in [4.78, 5) is 40.7. The monoisotopic (exact) mass is 359 g/mol. The normalized spacial score (nSPS) is 17.9. The Kier molecular flexibility index (Phi) is 6.77. The van der Waals surface area contributed by atoms with E-state index in [1.165, 1.54) is 11.8 Å². The zero-order chi connectivity index (χ0) is 19.3. The number of ketones is 1. The highest BCUT2D eigenvalue weighted by Crippen LogP contribution is 2.22. The molecule has 2 atom stereocenters. The highest BCUT2D eigenvalue weighted by atomic mass is 16.2. The second-order valence-corrected chi connectivity index (χ2v) is 7.35. The van der Waals surface area contributed by atoms with Gasteiger partial charge >= 0.3 is 6.03 Å². The number of para-hydroxylation sites is 1. The molecule has 0 aromatic heterocycles. The van der Waals surface area contributed by atoms with E-state index >= 15 is 0 Å². The van der Waals surface area contributed by atoms with E-state index < -0.39 is 12.1 Å². The van der Waals surface area contributed by atoms with Crippen molar-refractivity contribution in [1.29, 1.82) is 0 Å². The number of carbonyl (C=O) groups excluding carboxylic acids is 3. The SMILES string of the molecule is CC(=O)[C@@H](CC(C)C)N(C)C(=O)[C@@H]1CCCN1C(=O)Nc1ccccc1. The molecule has 6 nitrogen and oxygen atoms in total. The number of benzene rings is 1. The van der Waals surface area contributed by atoms with Gasteiger partial charge in [-0.3, -0.25) is 9.59 Å². The van der Waals surface area contributed by atoms with Crippen LogP contribution in [0.5, 0.6) is 0 Å². The van der Waals surface area contributed by atoms with E-state index in [9.17, 15) is 14.4 Å². The van der Waals surface area contributed by atoms with Crippen molar-refractivity contribution in [2.45, 2.75) is 52.1 Å². The Balaban J connectivity index is 2.08. The van der Waals surface area contributed by atoms with Crippen molar-refractivity contribution in [2.24, 2.45) is 5.92 Å². The van der Waals surface area contributed by atoms with Gasteiger partial charge in [-0.25, -0.2) is 4.79 Å². The second kappa shape index (κ2) is 8.83. The first kappa shape index (κ1) is 19.9. The molecule has 0 bridgehead atoms. The summed E-state index contributed by atoms with van der Waals surface area (Å²) in [6.45, 7) is 6.12. The number of amides is 3. The van der Waals surface area contributed by atoms with Crippen LogP contribution in [-0.4, -0.2) is 53.2 Å². The van der Waals surface area contributed by atoms with E-state index in [4.69, 9.17) is 0 Å². The van der Waals surface area contributed by atoms with E-state index in [0.29, 0.717) is 31.0 Å². The maximum atomic E-state index is 13.0. The number of hydrogen-bond donors (Lipinski definition) is 1. The molecule has 142 valence electrons. The smallest absolute Gasteiger partial charge is 0.322 e. The van der Waals surface area contributed by atoms with Gasteiger partial charge < -0.3 is 15.1 Å². The van der Waals surface area contributed by atoms with Gasteiger partial charge in [0.15, 0.2) is 5.78 Å². The number of Topliss-reactive ketones (excluding diaryl/α,β-unsaturated/α-hetero) is 1. The van der Waals surface area contributed by atoms with E-state index in [-0.39, 0.29) is 17.7 Å². The highest BCUT2D eigenvalue weighted by molar-refractivity contribution is 5.95. The third kappa shape index (κ3) is 4.84. The zero-order valence-corrected chi connectivity index (χ0v) is 16.1. The Morgan fingerprint density at radius 1 is 1.23 bits per heavy atom. The van der Waals surface area contributed by atoms with Crippen LogP contribution >= 0.6 is 0 Å². The maximum Gasteiger partial charge on any atom is 0.322 e. The van der Waals surface area contributed by atoms with Crippen LogP contribution in [0.3, 0.4) is 0 Å². The Bertz CT molecular complexity index is 645. The summed E-state index contributed by atoms with van der Waals surface area (Å²) in [7, 11) is 1.67. The Hall–Kier alpha value is -2.37. The number of nitrogens with one attached hydrogen (secondary N) is 1. The van der Waals surface area contributed by atoms with Gasteiger partial charge in [0.05, 0.1) is 6.04 Å². The van der Waals surface area contributed by atoms with E-state index in [1.807, 2.05) is 44.2 Å². The van der Waals surface area contributed by atoms with Crippen molar-refractivity contribution in [3.05, 3.63) is 30.3 Å². The van der Waals surface area contributed by atoms with Crippen molar-refractivity contribution < 1.29 is 14.4 Å². The van der Waals surface area contributed by atoms with E-state index in [0.717, 1.165) is 6.42 Å². The van der Waals surface area contributed by atoms with Gasteiger partial charge in [-0.2, -0.15) is 0 Å². The molecule has 0 spiro atoms. The Labute approximate surface area is 155 Å². The molecule has 0 unspecified atom stereocenters. The van der Waals surface area contributed by atoms with Crippen LogP contribution in [0.25, 0.3) is 0 Å². The topological polar surface area (TPSA) is 69.7 Å². The first-order valence-electron chi connectivity index (χ1n) is 9.21. The molecule has 1 aliphatic rings. The predicted octanol–water partition coefficient (Wildman–Crippen LogP) is 3.15. The van der Waals surface area contributed by atoms with Crippen LogP contribution in [0.4, 0.5) is 10.5 Å². The lowest BCUT2D eigenvalue weighted by atomic mass is 9.99. The van der Waals surface area contributed by atoms with Gasteiger partial charge in [0.2, 0.25) is 5.91 Å². The number of rotatable bonds is 6. The maximum absolute atomic E-state index is 13.0. The van der Waals surface area contributed by atoms with Crippen LogP contribution in [0.2, 0.25) is 0 Å². The van der Waals surface area contributed by atoms with Crippen molar-refractivity contribution >= 4 is 23.4 Å². The summed E-state index contributed by atoms with van der Waals surface area (Å²) >= 11 is 0. The molecule has 0 saturated carbocycles. The summed E-state index contributed by atoms with van der Waals surface area (Å²) in [6.07, 6.45) is 2.03. The average molecular weight is 359 g/mol. The number of hydrogen-bond acceptors (Lipinski definition) is 3. The summed E-state index contributed by atoms with van der Waals surface area (Å²) in [5.74, 6) is 0.125. The molecule has 26 heavy (non-hydrogen) atoms. The number of likely N-dealkylation sites (N-methyl/N-ethyl adjacent to an activating group) is 1. The van der Waals surface area contributed by atoms with Crippen LogP contribution in [0, 0.1) is 5.92 Å². The second-order valence-electron chi connectivity index (χ2n) is 7.35. The van der Waals surface area contributed by atoms with Crippen molar-refractivity contribution in [2.75, 3.05) is 18.9 Å². The van der Waals surface area contributed by atoms with Gasteiger partial charge in [-0.15, -0.1) is 0 Å².